The summed E-state index contributed by atoms with van der Waals surface area (Å²) in [5.41, 5.74) is 13.6. The molecule has 2 aromatic carbocycles. The number of aliphatic imine (C=N–C) groups is 1. The van der Waals surface area contributed by atoms with Crippen LogP contribution in [0, 0.1) is 6.92 Å². The molecule has 1 fully saturated rings. The zero-order valence-electron chi connectivity index (χ0n) is 26.4. The lowest BCUT2D eigenvalue weighted by molar-refractivity contribution is -0.193. The summed E-state index contributed by atoms with van der Waals surface area (Å²) >= 11 is 0. The molecule has 2 unspecified atom stereocenters. The van der Waals surface area contributed by atoms with E-state index in [1.807, 2.05) is 31.2 Å². The van der Waals surface area contributed by atoms with E-state index in [1.165, 1.54) is 7.11 Å². The number of nitrogens with zero attached hydrogens (tertiary/aromatic N) is 3. The highest BCUT2D eigenvalue weighted by atomic mass is 19.4. The average Bonchev–Trinajstić information content (AvgIpc) is 3.04. The Hall–Kier alpha value is -5.69. The van der Waals surface area contributed by atoms with E-state index in [-0.39, 0.29) is 23.9 Å². The lowest BCUT2D eigenvalue weighted by Gasteiger charge is -2.30. The van der Waals surface area contributed by atoms with Gasteiger partial charge in [0.15, 0.2) is 12.0 Å². The Bertz CT molecular complexity index is 1660. The van der Waals surface area contributed by atoms with Crippen LogP contribution in [0.25, 0.3) is 10.9 Å². The lowest BCUT2D eigenvalue weighted by Crippen LogP contribution is -2.39. The number of nitrogens with two attached hydrogens (primary N) is 2. The number of ether oxygens (including phenoxy) is 1. The Morgan fingerprint density at radius 1 is 0.920 bits per heavy atom. The number of hydrogen-bond acceptors (Lipinski definition) is 9. The number of carboxylic acids is 2. The first kappa shape index (κ1) is 40.5. The van der Waals surface area contributed by atoms with Gasteiger partial charge in [-0.3, -0.25) is 4.79 Å². The fraction of sp³-hybridized carbons (Fsp3) is 0.367. The number of fused-ring (bicyclic) bond motifs is 1. The van der Waals surface area contributed by atoms with Crippen molar-refractivity contribution in [3.8, 4) is 0 Å². The summed E-state index contributed by atoms with van der Waals surface area (Å²) < 4.78 is 68.4. The maximum absolute atomic E-state index is 13.3. The van der Waals surface area contributed by atoms with Gasteiger partial charge in [0.25, 0.3) is 5.91 Å². The van der Waals surface area contributed by atoms with Crippen LogP contribution in [0.3, 0.4) is 0 Å². The van der Waals surface area contributed by atoms with Gasteiger partial charge in [0.05, 0.1) is 24.7 Å². The first-order chi connectivity index (χ1) is 23.2. The number of aromatic nitrogens is 2. The summed E-state index contributed by atoms with van der Waals surface area (Å²) in [6, 6.07) is 13.5. The monoisotopic (exact) mass is 717 g/mol. The molecule has 4 rings (SSSR count). The molecular weight excluding hydrogens is 684 g/mol. The van der Waals surface area contributed by atoms with Crippen LogP contribution in [0.15, 0.2) is 53.5 Å². The van der Waals surface area contributed by atoms with Crippen molar-refractivity contribution < 1.29 is 60.5 Å². The topological polar surface area (TPSA) is 232 Å². The number of rotatable bonds is 7. The summed E-state index contributed by atoms with van der Waals surface area (Å²) in [4.78, 5) is 57.0. The minimum atomic E-state index is -5.08. The Morgan fingerprint density at radius 2 is 1.48 bits per heavy atom. The van der Waals surface area contributed by atoms with Gasteiger partial charge in [-0.1, -0.05) is 54.8 Å². The number of carbonyl (C=O) groups excluding carboxylic acids is 2. The Kier molecular flexibility index (Phi) is 14.3. The van der Waals surface area contributed by atoms with Gasteiger partial charge in [0.2, 0.25) is 5.82 Å². The van der Waals surface area contributed by atoms with Crippen molar-refractivity contribution in [2.24, 2.45) is 16.5 Å². The fourth-order valence-corrected chi connectivity index (χ4v) is 4.49. The molecule has 0 radical (unpaired) electrons. The van der Waals surface area contributed by atoms with Gasteiger partial charge in [-0.15, -0.1) is 0 Å². The fourth-order valence-electron chi connectivity index (χ4n) is 4.49. The number of aliphatic carboxylic acids is 2. The van der Waals surface area contributed by atoms with E-state index < -0.39 is 42.2 Å². The minimum Gasteiger partial charge on any atom is -0.475 e. The van der Waals surface area contributed by atoms with Gasteiger partial charge in [-0.05, 0) is 37.5 Å². The van der Waals surface area contributed by atoms with Crippen LogP contribution >= 0.6 is 0 Å². The van der Waals surface area contributed by atoms with Crippen LogP contribution in [0.2, 0.25) is 0 Å². The smallest absolute Gasteiger partial charge is 0.475 e. The van der Waals surface area contributed by atoms with E-state index in [2.05, 4.69) is 25.6 Å². The summed E-state index contributed by atoms with van der Waals surface area (Å²) in [7, 11) is 1.28. The average molecular weight is 718 g/mol. The number of esters is 1. The number of alkyl halides is 6. The molecule has 0 spiro atoms. The molecule has 1 heterocycles. The molecule has 0 saturated heterocycles. The number of guanidine groups is 1. The standard InChI is InChI=1S/C26H31N7O3.2C2HF3O2/c1-15-12-13-18-17(14-15)22(30-19-10-6-7-11-20(19)31-26(27)28)33-23(29-18)24(34)32-21(25(35)36-2)16-8-4-3-5-9-16;2*3-2(4,5)1(6)7/h3-5,8-9,12-14,19-21H,6-7,10-11H2,1-2H3,(H,32,34)(H4,27,28,31)(H,29,30,33);2*(H,6,7)/t19?,20?,21-;;/m1../s1. The summed E-state index contributed by atoms with van der Waals surface area (Å²) in [5, 5.41) is 21.2. The minimum absolute atomic E-state index is 0.0481. The summed E-state index contributed by atoms with van der Waals surface area (Å²) in [6.45, 7) is 1.98. The molecule has 0 aliphatic heterocycles. The van der Waals surface area contributed by atoms with Crippen LogP contribution in [0.1, 0.15) is 53.5 Å². The highest BCUT2D eigenvalue weighted by Crippen LogP contribution is 2.28. The molecule has 1 aromatic heterocycles. The predicted molar refractivity (Wildman–Crippen MR) is 166 cm³/mol. The van der Waals surface area contributed by atoms with Crippen LogP contribution in [0.4, 0.5) is 32.2 Å². The first-order valence-corrected chi connectivity index (χ1v) is 14.4. The number of aryl methyl sites for hydroxylation is 1. The predicted octanol–water partition coefficient (Wildman–Crippen LogP) is 3.85. The van der Waals surface area contributed by atoms with Gasteiger partial charge < -0.3 is 37.1 Å². The van der Waals surface area contributed by atoms with Crippen molar-refractivity contribution >= 4 is 46.5 Å². The molecule has 3 atom stereocenters. The molecule has 3 aromatic rings. The van der Waals surface area contributed by atoms with Crippen LogP contribution < -0.4 is 22.1 Å². The van der Waals surface area contributed by atoms with Crippen molar-refractivity contribution in [1.29, 1.82) is 0 Å². The largest absolute Gasteiger partial charge is 0.490 e. The molecule has 0 bridgehead atoms. The molecule has 1 amide bonds. The normalized spacial score (nSPS) is 16.2. The lowest BCUT2D eigenvalue weighted by atomic mass is 9.90. The Balaban J connectivity index is 0.000000521. The third kappa shape index (κ3) is 12.4. The summed E-state index contributed by atoms with van der Waals surface area (Å²) in [5.74, 6) is -6.19. The molecule has 1 aliphatic carbocycles. The molecule has 20 heteroatoms. The number of benzene rings is 2. The summed E-state index contributed by atoms with van der Waals surface area (Å²) in [6.07, 6.45) is -6.39. The highest BCUT2D eigenvalue weighted by molar-refractivity contribution is 5.98. The SMILES string of the molecule is COC(=O)[C@H](NC(=O)c1nc(NC2CCCCC2N=C(N)N)c2cc(C)ccc2n1)c1ccccc1.O=C(O)C(F)(F)F.O=C(O)C(F)(F)F. The number of methoxy groups -OCH3 is 1. The second kappa shape index (κ2) is 17.6. The van der Waals surface area contributed by atoms with E-state index in [0.29, 0.717) is 16.9 Å². The number of halogens is 6. The van der Waals surface area contributed by atoms with Crippen molar-refractivity contribution in [2.45, 2.75) is 63.1 Å². The van der Waals surface area contributed by atoms with Gasteiger partial charge in [0.1, 0.15) is 5.82 Å². The van der Waals surface area contributed by atoms with Crippen molar-refractivity contribution in [3.05, 3.63) is 65.5 Å². The van der Waals surface area contributed by atoms with Crippen molar-refractivity contribution in [2.75, 3.05) is 12.4 Å². The second-order valence-corrected chi connectivity index (χ2v) is 10.5. The Morgan fingerprint density at radius 3 is 2.00 bits per heavy atom. The number of hydrogen-bond donors (Lipinski definition) is 6. The van der Waals surface area contributed by atoms with Crippen molar-refractivity contribution in [3.63, 3.8) is 0 Å². The second-order valence-electron chi connectivity index (χ2n) is 10.5. The molecule has 272 valence electrons. The molecule has 1 aliphatic rings. The van der Waals surface area contributed by atoms with Gasteiger partial charge >= 0.3 is 30.3 Å². The molecule has 14 nitrogen and oxygen atoms in total. The van der Waals surface area contributed by atoms with Gasteiger partial charge in [-0.25, -0.2) is 29.3 Å². The number of carbonyl (C=O) groups is 4. The van der Waals surface area contributed by atoms with E-state index in [0.717, 1.165) is 36.6 Å². The van der Waals surface area contributed by atoms with Gasteiger partial charge in [0, 0.05) is 5.39 Å². The number of nitrogens with one attached hydrogen (secondary N) is 2. The quantitative estimate of drug-likeness (QED) is 0.0886. The molecule has 1 saturated carbocycles. The molecule has 50 heavy (non-hydrogen) atoms. The first-order valence-electron chi connectivity index (χ1n) is 14.4. The third-order valence-electron chi connectivity index (χ3n) is 6.75. The number of anilines is 1. The van der Waals surface area contributed by atoms with Gasteiger partial charge in [-0.2, -0.15) is 26.3 Å². The third-order valence-corrected chi connectivity index (χ3v) is 6.75. The maximum Gasteiger partial charge on any atom is 0.490 e. The number of amides is 1. The molecule has 8 N–H and O–H groups in total. The zero-order chi connectivity index (χ0) is 37.8. The zero-order valence-corrected chi connectivity index (χ0v) is 26.4. The van der Waals surface area contributed by atoms with Crippen LogP contribution in [-0.2, 0) is 19.1 Å². The van der Waals surface area contributed by atoms with E-state index in [4.69, 9.17) is 36.0 Å². The highest BCUT2D eigenvalue weighted by Gasteiger charge is 2.39. The Labute approximate surface area is 279 Å². The van der Waals surface area contributed by atoms with E-state index in [9.17, 15) is 35.9 Å². The van der Waals surface area contributed by atoms with Crippen LogP contribution in [-0.4, -0.2) is 81.5 Å². The van der Waals surface area contributed by atoms with E-state index >= 15 is 0 Å². The molecular formula is C30H33F6N7O7. The van der Waals surface area contributed by atoms with Crippen LogP contribution in [0.5, 0.6) is 0 Å². The number of carboxylic acid groups (broad SMARTS) is 2. The van der Waals surface area contributed by atoms with Crippen molar-refractivity contribution in [1.82, 2.24) is 15.3 Å². The maximum atomic E-state index is 13.3. The van der Waals surface area contributed by atoms with E-state index in [1.54, 1.807) is 24.3 Å².